The molecule has 0 atom stereocenters. The van der Waals surface area contributed by atoms with Crippen LogP contribution in [0.2, 0.25) is 0 Å². The first kappa shape index (κ1) is 14.9. The predicted molar refractivity (Wildman–Crippen MR) is 90.7 cm³/mol. The van der Waals surface area contributed by atoms with Gasteiger partial charge in [-0.15, -0.1) is 11.3 Å². The summed E-state index contributed by atoms with van der Waals surface area (Å²) in [6, 6.07) is 15.1. The fourth-order valence-corrected chi connectivity index (χ4v) is 3.16. The minimum atomic E-state index is -0.522. The highest BCUT2D eigenvalue weighted by atomic mass is 32.1. The first-order valence-corrected chi connectivity index (χ1v) is 7.67. The van der Waals surface area contributed by atoms with Crippen molar-refractivity contribution < 1.29 is 9.72 Å². The average Bonchev–Trinajstić information content (AvgIpc) is 2.96. The Morgan fingerprint density at radius 2 is 1.83 bits per heavy atom. The van der Waals surface area contributed by atoms with Crippen molar-refractivity contribution in [2.45, 2.75) is 0 Å². The number of hydrogen-bond acceptors (Lipinski definition) is 5. The van der Waals surface area contributed by atoms with Crippen molar-refractivity contribution >= 4 is 27.8 Å². The van der Waals surface area contributed by atoms with Gasteiger partial charge in [-0.3, -0.25) is 14.9 Å². The Hall–Kier alpha value is -2.99. The number of nitro groups is 1. The fourth-order valence-electron chi connectivity index (χ4n) is 2.34. The number of benzene rings is 2. The lowest BCUT2D eigenvalue weighted by molar-refractivity contribution is -0.384. The van der Waals surface area contributed by atoms with Crippen LogP contribution in [0.1, 0.15) is 15.9 Å². The maximum atomic E-state index is 12.8. The summed E-state index contributed by atoms with van der Waals surface area (Å²) in [7, 11) is 0. The number of nitro benzene ring substituents is 1. The fraction of sp³-hybridized carbons (Fsp3) is 0. The van der Waals surface area contributed by atoms with Crippen LogP contribution in [0.3, 0.4) is 0 Å². The quantitative estimate of drug-likeness (QED) is 0.444. The Balaban J connectivity index is 2.09. The molecule has 1 heterocycles. The van der Waals surface area contributed by atoms with Crippen molar-refractivity contribution in [1.29, 1.82) is 0 Å². The van der Waals surface area contributed by atoms with E-state index in [9.17, 15) is 14.9 Å². The molecule has 23 heavy (non-hydrogen) atoms. The second-order valence-electron chi connectivity index (χ2n) is 4.89. The first-order valence-electron chi connectivity index (χ1n) is 6.79. The summed E-state index contributed by atoms with van der Waals surface area (Å²) < 4.78 is 0. The molecule has 3 rings (SSSR count). The Bertz CT molecular complexity index is 888. The smallest absolute Gasteiger partial charge is 0.270 e. The molecule has 0 bridgehead atoms. The molecule has 0 saturated carbocycles. The Morgan fingerprint density at radius 3 is 2.52 bits per heavy atom. The number of hydrogen-bond donors (Lipinski definition) is 1. The van der Waals surface area contributed by atoms with Gasteiger partial charge < -0.3 is 5.73 Å². The van der Waals surface area contributed by atoms with Crippen LogP contribution >= 0.6 is 11.3 Å². The number of anilines is 1. The lowest BCUT2D eigenvalue weighted by Crippen LogP contribution is -2.05. The lowest BCUT2D eigenvalue weighted by Gasteiger charge is -2.05. The van der Waals surface area contributed by atoms with Crippen LogP contribution in [0.15, 0.2) is 60.0 Å². The van der Waals surface area contributed by atoms with Crippen LogP contribution in [0.5, 0.6) is 0 Å². The number of non-ortho nitro benzene ring substituents is 1. The van der Waals surface area contributed by atoms with Crippen molar-refractivity contribution in [3.8, 4) is 11.1 Å². The molecular weight excluding hydrogens is 312 g/mol. The number of carbonyl (C=O) groups excluding carboxylic acids is 1. The molecule has 0 saturated heterocycles. The standard InChI is InChI=1S/C17H12N2O3S/c18-17-15(14(10-23-17)11-5-2-1-3-6-11)16(20)12-7-4-8-13(9-12)19(21)22/h1-10H,18H2. The van der Waals surface area contributed by atoms with Gasteiger partial charge in [0, 0.05) is 28.6 Å². The van der Waals surface area contributed by atoms with E-state index in [0.717, 1.165) is 11.1 Å². The molecule has 2 N–H and O–H groups in total. The van der Waals surface area contributed by atoms with Gasteiger partial charge in [0.1, 0.15) is 0 Å². The number of carbonyl (C=O) groups is 1. The largest absolute Gasteiger partial charge is 0.390 e. The molecule has 0 spiro atoms. The molecular formula is C17H12N2O3S. The Morgan fingerprint density at radius 1 is 1.09 bits per heavy atom. The summed E-state index contributed by atoms with van der Waals surface area (Å²) in [6.45, 7) is 0. The highest BCUT2D eigenvalue weighted by molar-refractivity contribution is 7.15. The maximum Gasteiger partial charge on any atom is 0.270 e. The summed E-state index contributed by atoms with van der Waals surface area (Å²) in [5.74, 6) is -0.314. The molecule has 5 nitrogen and oxygen atoms in total. The molecule has 0 radical (unpaired) electrons. The van der Waals surface area contributed by atoms with E-state index in [1.165, 1.54) is 29.5 Å². The lowest BCUT2D eigenvalue weighted by atomic mass is 9.97. The van der Waals surface area contributed by atoms with Crippen molar-refractivity contribution in [2.24, 2.45) is 0 Å². The summed E-state index contributed by atoms with van der Waals surface area (Å²) >= 11 is 1.28. The Labute approximate surface area is 136 Å². The van der Waals surface area contributed by atoms with Crippen LogP contribution in [-0.4, -0.2) is 10.7 Å². The average molecular weight is 324 g/mol. The topological polar surface area (TPSA) is 86.2 Å². The van der Waals surface area contributed by atoms with Gasteiger partial charge in [-0.1, -0.05) is 42.5 Å². The first-order chi connectivity index (χ1) is 11.1. The molecule has 6 heteroatoms. The normalized spacial score (nSPS) is 10.4. The summed E-state index contributed by atoms with van der Waals surface area (Å²) in [4.78, 5) is 23.2. The van der Waals surface area contributed by atoms with Gasteiger partial charge in [-0.25, -0.2) is 0 Å². The van der Waals surface area contributed by atoms with Crippen molar-refractivity contribution in [3.63, 3.8) is 0 Å². The third-order valence-corrected chi connectivity index (χ3v) is 4.26. The number of nitrogens with two attached hydrogens (primary N) is 1. The monoisotopic (exact) mass is 324 g/mol. The van der Waals surface area contributed by atoms with E-state index < -0.39 is 4.92 Å². The van der Waals surface area contributed by atoms with E-state index in [4.69, 9.17) is 5.73 Å². The zero-order valence-corrected chi connectivity index (χ0v) is 12.7. The van der Waals surface area contributed by atoms with Gasteiger partial charge in [-0.05, 0) is 5.56 Å². The van der Waals surface area contributed by atoms with Gasteiger partial charge >= 0.3 is 0 Å². The SMILES string of the molecule is Nc1scc(-c2ccccc2)c1C(=O)c1cccc([N+](=O)[O-])c1. The van der Waals surface area contributed by atoms with Crippen LogP contribution in [0, 0.1) is 10.1 Å². The molecule has 0 aliphatic carbocycles. The van der Waals surface area contributed by atoms with Gasteiger partial charge in [-0.2, -0.15) is 0 Å². The minimum Gasteiger partial charge on any atom is -0.390 e. The van der Waals surface area contributed by atoms with Gasteiger partial charge in [0.15, 0.2) is 5.78 Å². The molecule has 0 fully saturated rings. The van der Waals surface area contributed by atoms with Crippen molar-refractivity contribution in [3.05, 3.63) is 81.2 Å². The number of nitrogen functional groups attached to an aromatic ring is 1. The maximum absolute atomic E-state index is 12.8. The van der Waals surface area contributed by atoms with Crippen LogP contribution < -0.4 is 5.73 Å². The number of rotatable bonds is 4. The third kappa shape index (κ3) is 2.84. The second kappa shape index (κ2) is 6.02. The van der Waals surface area contributed by atoms with Gasteiger partial charge in [0.2, 0.25) is 0 Å². The molecule has 3 aromatic rings. The molecule has 0 unspecified atom stereocenters. The molecule has 2 aromatic carbocycles. The van der Waals surface area contributed by atoms with Crippen LogP contribution in [0.25, 0.3) is 11.1 Å². The van der Waals surface area contributed by atoms with E-state index in [-0.39, 0.29) is 17.0 Å². The third-order valence-electron chi connectivity index (χ3n) is 3.45. The highest BCUT2D eigenvalue weighted by Crippen LogP contribution is 2.35. The van der Waals surface area contributed by atoms with E-state index in [1.807, 2.05) is 35.7 Å². The van der Waals surface area contributed by atoms with Crippen molar-refractivity contribution in [2.75, 3.05) is 5.73 Å². The zero-order chi connectivity index (χ0) is 16.4. The molecule has 0 amide bonds. The van der Waals surface area contributed by atoms with E-state index in [2.05, 4.69) is 0 Å². The number of thiophene rings is 1. The summed E-state index contributed by atoms with van der Waals surface area (Å²) in [5, 5.41) is 13.1. The number of nitrogens with zero attached hydrogens (tertiary/aromatic N) is 1. The number of ketones is 1. The van der Waals surface area contributed by atoms with Gasteiger partial charge in [0.05, 0.1) is 15.5 Å². The predicted octanol–water partition coefficient (Wildman–Crippen LogP) is 4.14. The Kier molecular flexibility index (Phi) is 3.91. The van der Waals surface area contributed by atoms with E-state index in [1.54, 1.807) is 6.07 Å². The second-order valence-corrected chi connectivity index (χ2v) is 5.80. The zero-order valence-electron chi connectivity index (χ0n) is 11.9. The van der Waals surface area contributed by atoms with Crippen LogP contribution in [-0.2, 0) is 0 Å². The molecule has 0 aliphatic heterocycles. The summed E-state index contributed by atoms with van der Waals surface area (Å²) in [5.41, 5.74) is 8.12. The highest BCUT2D eigenvalue weighted by Gasteiger charge is 2.21. The van der Waals surface area contributed by atoms with Crippen molar-refractivity contribution in [1.82, 2.24) is 0 Å². The van der Waals surface area contributed by atoms with E-state index in [0.29, 0.717) is 10.6 Å². The minimum absolute atomic E-state index is 0.120. The summed E-state index contributed by atoms with van der Waals surface area (Å²) in [6.07, 6.45) is 0. The van der Waals surface area contributed by atoms with Crippen LogP contribution in [0.4, 0.5) is 10.7 Å². The molecule has 0 aliphatic rings. The molecule has 1 aromatic heterocycles. The van der Waals surface area contributed by atoms with Gasteiger partial charge in [0.25, 0.3) is 5.69 Å². The molecule has 114 valence electrons. The van der Waals surface area contributed by atoms with E-state index >= 15 is 0 Å².